The van der Waals surface area contributed by atoms with E-state index in [1.165, 1.54) is 36.9 Å². The van der Waals surface area contributed by atoms with Crippen LogP contribution < -0.4 is 5.32 Å². The zero-order chi connectivity index (χ0) is 13.7. The smallest absolute Gasteiger partial charge is 0.0713 e. The van der Waals surface area contributed by atoms with Crippen molar-refractivity contribution in [2.45, 2.75) is 51.7 Å². The molecule has 1 saturated heterocycles. The third kappa shape index (κ3) is 4.05. The van der Waals surface area contributed by atoms with Gasteiger partial charge in [0.15, 0.2) is 0 Å². The maximum absolute atomic E-state index is 5.16. The second kappa shape index (κ2) is 6.53. The van der Waals surface area contributed by atoms with E-state index in [4.69, 9.17) is 4.74 Å². The summed E-state index contributed by atoms with van der Waals surface area (Å²) in [7, 11) is 1.74. The molecule has 1 atom stereocenters. The van der Waals surface area contributed by atoms with Crippen LogP contribution in [0.5, 0.6) is 0 Å². The third-order valence-corrected chi connectivity index (χ3v) is 4.01. The van der Waals surface area contributed by atoms with Crippen LogP contribution in [0.4, 0.5) is 0 Å². The number of nitrogens with one attached hydrogen (secondary N) is 1. The molecule has 1 aromatic carbocycles. The first kappa shape index (κ1) is 14.5. The quantitative estimate of drug-likeness (QED) is 0.845. The minimum absolute atomic E-state index is 0.330. The Balaban J connectivity index is 2.04. The number of benzene rings is 1. The summed E-state index contributed by atoms with van der Waals surface area (Å²) in [4.78, 5) is 0. The SMILES string of the molecule is COCc1ccc(CC2(CC(C)C)CCCN2)cc1. The highest BCUT2D eigenvalue weighted by Crippen LogP contribution is 2.30. The van der Waals surface area contributed by atoms with Crippen LogP contribution in [0.2, 0.25) is 0 Å². The maximum Gasteiger partial charge on any atom is 0.0713 e. The summed E-state index contributed by atoms with van der Waals surface area (Å²) < 4.78 is 5.16. The van der Waals surface area contributed by atoms with E-state index in [0.29, 0.717) is 12.1 Å². The van der Waals surface area contributed by atoms with Gasteiger partial charge in [-0.2, -0.15) is 0 Å². The molecule has 0 amide bonds. The molecule has 1 N–H and O–H groups in total. The predicted octanol–water partition coefficient (Wildman–Crippen LogP) is 3.54. The Hall–Kier alpha value is -0.860. The Morgan fingerprint density at radius 3 is 2.42 bits per heavy atom. The fraction of sp³-hybridized carbons (Fsp3) is 0.647. The molecule has 2 rings (SSSR count). The topological polar surface area (TPSA) is 21.3 Å². The van der Waals surface area contributed by atoms with Gasteiger partial charge in [-0.15, -0.1) is 0 Å². The molecular weight excluding hydrogens is 234 g/mol. The summed E-state index contributed by atoms with van der Waals surface area (Å²) >= 11 is 0. The van der Waals surface area contributed by atoms with Gasteiger partial charge in [-0.25, -0.2) is 0 Å². The van der Waals surface area contributed by atoms with Crippen molar-refractivity contribution in [1.29, 1.82) is 0 Å². The minimum Gasteiger partial charge on any atom is -0.380 e. The van der Waals surface area contributed by atoms with Crippen molar-refractivity contribution in [3.8, 4) is 0 Å². The van der Waals surface area contributed by atoms with Crippen molar-refractivity contribution in [3.63, 3.8) is 0 Å². The van der Waals surface area contributed by atoms with E-state index in [9.17, 15) is 0 Å². The van der Waals surface area contributed by atoms with Gasteiger partial charge in [0.25, 0.3) is 0 Å². The van der Waals surface area contributed by atoms with E-state index in [-0.39, 0.29) is 0 Å². The standard InChI is InChI=1S/C17H27NO/c1-14(2)11-17(9-4-10-18-17)12-15-5-7-16(8-6-15)13-19-3/h5-8,14,18H,4,9-13H2,1-3H3. The molecule has 2 nitrogen and oxygen atoms in total. The van der Waals surface area contributed by atoms with E-state index < -0.39 is 0 Å². The molecule has 0 radical (unpaired) electrons. The van der Waals surface area contributed by atoms with Crippen molar-refractivity contribution in [3.05, 3.63) is 35.4 Å². The molecular formula is C17H27NO. The van der Waals surface area contributed by atoms with Crippen LogP contribution in [0, 0.1) is 5.92 Å². The fourth-order valence-electron chi connectivity index (χ4n) is 3.36. The van der Waals surface area contributed by atoms with Crippen LogP contribution in [0.15, 0.2) is 24.3 Å². The molecule has 106 valence electrons. The van der Waals surface area contributed by atoms with Gasteiger partial charge in [0.1, 0.15) is 0 Å². The van der Waals surface area contributed by atoms with Crippen LogP contribution in [0.3, 0.4) is 0 Å². The largest absolute Gasteiger partial charge is 0.380 e. The molecule has 1 aromatic rings. The van der Waals surface area contributed by atoms with Crippen LogP contribution >= 0.6 is 0 Å². The van der Waals surface area contributed by atoms with E-state index in [0.717, 1.165) is 12.3 Å². The fourth-order valence-corrected chi connectivity index (χ4v) is 3.36. The second-order valence-electron chi connectivity index (χ2n) is 6.33. The molecule has 0 aromatic heterocycles. The van der Waals surface area contributed by atoms with E-state index in [1.807, 2.05) is 0 Å². The van der Waals surface area contributed by atoms with E-state index in [2.05, 4.69) is 43.4 Å². The number of hydrogen-bond acceptors (Lipinski definition) is 2. The molecule has 1 unspecified atom stereocenters. The summed E-state index contributed by atoms with van der Waals surface area (Å²) in [5.74, 6) is 0.748. The monoisotopic (exact) mass is 261 g/mol. The first-order valence-corrected chi connectivity index (χ1v) is 7.45. The molecule has 1 fully saturated rings. The number of hydrogen-bond donors (Lipinski definition) is 1. The Labute approximate surface area is 117 Å². The summed E-state index contributed by atoms with van der Waals surface area (Å²) in [6.07, 6.45) is 5.05. The summed E-state index contributed by atoms with van der Waals surface area (Å²) in [6.45, 7) is 6.52. The lowest BCUT2D eigenvalue weighted by atomic mass is 9.82. The summed E-state index contributed by atoms with van der Waals surface area (Å²) in [5, 5.41) is 3.77. The molecule has 0 aliphatic carbocycles. The van der Waals surface area contributed by atoms with Crippen molar-refractivity contribution >= 4 is 0 Å². The highest BCUT2D eigenvalue weighted by atomic mass is 16.5. The van der Waals surface area contributed by atoms with Gasteiger partial charge >= 0.3 is 0 Å². The van der Waals surface area contributed by atoms with Crippen molar-refractivity contribution in [1.82, 2.24) is 5.32 Å². The van der Waals surface area contributed by atoms with Crippen LogP contribution in [-0.2, 0) is 17.8 Å². The predicted molar refractivity (Wildman–Crippen MR) is 80.3 cm³/mol. The van der Waals surface area contributed by atoms with Crippen LogP contribution in [0.1, 0.15) is 44.2 Å². The lowest BCUT2D eigenvalue weighted by molar-refractivity contribution is 0.185. The van der Waals surface area contributed by atoms with Crippen molar-refractivity contribution in [2.24, 2.45) is 5.92 Å². The Morgan fingerprint density at radius 1 is 1.21 bits per heavy atom. The average molecular weight is 261 g/mol. The zero-order valence-electron chi connectivity index (χ0n) is 12.5. The first-order valence-electron chi connectivity index (χ1n) is 7.45. The Morgan fingerprint density at radius 2 is 1.89 bits per heavy atom. The number of methoxy groups -OCH3 is 1. The first-order chi connectivity index (χ1) is 9.13. The molecule has 1 heterocycles. The van der Waals surface area contributed by atoms with Crippen LogP contribution in [-0.4, -0.2) is 19.2 Å². The average Bonchev–Trinajstić information content (AvgIpc) is 2.79. The van der Waals surface area contributed by atoms with Crippen LogP contribution in [0.25, 0.3) is 0 Å². The van der Waals surface area contributed by atoms with Gasteiger partial charge in [-0.05, 0) is 49.3 Å². The highest BCUT2D eigenvalue weighted by molar-refractivity contribution is 5.24. The maximum atomic E-state index is 5.16. The zero-order valence-corrected chi connectivity index (χ0v) is 12.5. The van der Waals surface area contributed by atoms with Gasteiger partial charge in [0, 0.05) is 12.6 Å². The van der Waals surface area contributed by atoms with Gasteiger partial charge in [-0.3, -0.25) is 0 Å². The normalized spacial score (nSPS) is 23.2. The van der Waals surface area contributed by atoms with E-state index in [1.54, 1.807) is 7.11 Å². The van der Waals surface area contributed by atoms with E-state index >= 15 is 0 Å². The van der Waals surface area contributed by atoms with Gasteiger partial charge in [-0.1, -0.05) is 38.1 Å². The molecule has 0 spiro atoms. The summed E-state index contributed by atoms with van der Waals surface area (Å²) in [6, 6.07) is 8.90. The highest BCUT2D eigenvalue weighted by Gasteiger charge is 2.33. The lowest BCUT2D eigenvalue weighted by Crippen LogP contribution is -2.43. The summed E-state index contributed by atoms with van der Waals surface area (Å²) in [5.41, 5.74) is 3.02. The van der Waals surface area contributed by atoms with Gasteiger partial charge in [0.2, 0.25) is 0 Å². The van der Waals surface area contributed by atoms with Gasteiger partial charge < -0.3 is 10.1 Å². The Bertz CT molecular complexity index is 377. The third-order valence-electron chi connectivity index (χ3n) is 4.01. The lowest BCUT2D eigenvalue weighted by Gasteiger charge is -2.32. The number of ether oxygens (including phenoxy) is 1. The number of rotatable bonds is 6. The molecule has 0 bridgehead atoms. The van der Waals surface area contributed by atoms with Crippen molar-refractivity contribution in [2.75, 3.05) is 13.7 Å². The minimum atomic E-state index is 0.330. The Kier molecular flexibility index (Phi) is 5.00. The molecule has 0 saturated carbocycles. The van der Waals surface area contributed by atoms with Crippen molar-refractivity contribution < 1.29 is 4.74 Å². The molecule has 2 heteroatoms. The van der Waals surface area contributed by atoms with Gasteiger partial charge in [0.05, 0.1) is 6.61 Å². The molecule has 1 aliphatic rings. The second-order valence-corrected chi connectivity index (χ2v) is 6.33. The molecule has 1 aliphatic heterocycles. The molecule has 19 heavy (non-hydrogen) atoms.